The predicted octanol–water partition coefficient (Wildman–Crippen LogP) is 3.09. The fourth-order valence-corrected chi connectivity index (χ4v) is 3.08. The van der Waals surface area contributed by atoms with Crippen LogP contribution in [-0.2, 0) is 0 Å². The van der Waals surface area contributed by atoms with E-state index in [-0.39, 0.29) is 6.04 Å². The highest BCUT2D eigenvalue weighted by atomic mass is 79.9. The number of imidazole rings is 1. The Balaban J connectivity index is 1.85. The molecule has 1 fully saturated rings. The van der Waals surface area contributed by atoms with E-state index in [1.807, 2.05) is 25.2 Å². The molecular weight excluding hydrogens is 317 g/mol. The van der Waals surface area contributed by atoms with Crippen LogP contribution in [0.2, 0.25) is 6.82 Å². The summed E-state index contributed by atoms with van der Waals surface area (Å²) in [6, 6.07) is 8.35. The Labute approximate surface area is 127 Å². The third kappa shape index (κ3) is 2.68. The lowest BCUT2D eigenvalue weighted by molar-refractivity contribution is 0.342. The average molecular weight is 334 g/mol. The zero-order valence-corrected chi connectivity index (χ0v) is 13.0. The van der Waals surface area contributed by atoms with E-state index < -0.39 is 7.05 Å². The van der Waals surface area contributed by atoms with Crippen molar-refractivity contribution in [2.24, 2.45) is 0 Å². The van der Waals surface area contributed by atoms with Gasteiger partial charge in [0.15, 0.2) is 0 Å². The van der Waals surface area contributed by atoms with Gasteiger partial charge >= 0.3 is 7.05 Å². The summed E-state index contributed by atoms with van der Waals surface area (Å²) in [5.41, 5.74) is 2.14. The third-order valence-corrected chi connectivity index (χ3v) is 4.37. The number of aromatic amines is 1. The second kappa shape index (κ2) is 5.72. The molecule has 2 N–H and O–H groups in total. The molecule has 0 amide bonds. The molecule has 0 unspecified atom stereocenters. The van der Waals surface area contributed by atoms with E-state index in [4.69, 9.17) is 0 Å². The van der Waals surface area contributed by atoms with Gasteiger partial charge in [0.05, 0.1) is 17.9 Å². The van der Waals surface area contributed by atoms with Crippen LogP contribution >= 0.6 is 15.9 Å². The maximum Gasteiger partial charge on any atom is 0.377 e. The van der Waals surface area contributed by atoms with Gasteiger partial charge in [-0.1, -0.05) is 28.1 Å². The zero-order valence-electron chi connectivity index (χ0n) is 11.4. The van der Waals surface area contributed by atoms with Crippen molar-refractivity contribution < 1.29 is 5.02 Å². The normalized spacial score (nSPS) is 19.4. The van der Waals surface area contributed by atoms with Crippen molar-refractivity contribution in [2.45, 2.75) is 25.7 Å². The fraction of sp³-hybridized carbons (Fsp3) is 0.357. The van der Waals surface area contributed by atoms with Gasteiger partial charge in [-0.2, -0.15) is 0 Å². The molecule has 0 saturated carbocycles. The average Bonchev–Trinajstić information content (AvgIpc) is 3.08. The number of halogens is 1. The highest BCUT2D eigenvalue weighted by molar-refractivity contribution is 9.10. The summed E-state index contributed by atoms with van der Waals surface area (Å²) >= 11 is 3.44. The Morgan fingerprint density at radius 1 is 1.40 bits per heavy atom. The summed E-state index contributed by atoms with van der Waals surface area (Å²) in [5, 5.41) is 9.82. The second-order valence-corrected chi connectivity index (χ2v) is 6.13. The van der Waals surface area contributed by atoms with Crippen LogP contribution in [0.25, 0.3) is 11.3 Å². The van der Waals surface area contributed by atoms with E-state index in [1.165, 1.54) is 0 Å². The smallest absolute Gasteiger partial charge is 0.377 e. The number of nitrogens with zero attached hydrogens (tertiary/aromatic N) is 2. The molecule has 2 aromatic rings. The Hall–Kier alpha value is -1.11. The van der Waals surface area contributed by atoms with Crippen LogP contribution in [-0.4, -0.2) is 33.4 Å². The molecule has 1 saturated heterocycles. The fourth-order valence-electron chi connectivity index (χ4n) is 2.81. The second-order valence-electron chi connectivity index (χ2n) is 5.22. The highest BCUT2D eigenvalue weighted by Gasteiger charge is 2.32. The number of nitrogens with one attached hydrogen (secondary N) is 1. The van der Waals surface area contributed by atoms with Crippen LogP contribution in [0.3, 0.4) is 0 Å². The van der Waals surface area contributed by atoms with E-state index in [9.17, 15) is 5.02 Å². The van der Waals surface area contributed by atoms with Crippen LogP contribution in [0.15, 0.2) is 34.9 Å². The van der Waals surface area contributed by atoms with Crippen LogP contribution in [0.1, 0.15) is 24.7 Å². The number of hydrogen-bond donors (Lipinski definition) is 2. The molecule has 3 rings (SSSR count). The highest BCUT2D eigenvalue weighted by Crippen LogP contribution is 2.31. The Kier molecular flexibility index (Phi) is 3.96. The molecule has 0 aliphatic carbocycles. The molecule has 1 aliphatic heterocycles. The van der Waals surface area contributed by atoms with Gasteiger partial charge in [0.2, 0.25) is 0 Å². The standard InChI is InChI=1S/C14H17BBrN3O/c1-15(20)19-8-2-3-13(19)14-17-9-12(18-14)10-4-6-11(16)7-5-10/h4-7,9,13,20H,2-3,8H2,1H3,(H,17,18)/t13-/m0/s1. The lowest BCUT2D eigenvalue weighted by Gasteiger charge is -2.23. The summed E-state index contributed by atoms with van der Waals surface area (Å²) in [7, 11) is -0.427. The van der Waals surface area contributed by atoms with Crippen molar-refractivity contribution in [3.8, 4) is 11.3 Å². The first-order valence-corrected chi connectivity index (χ1v) is 7.69. The summed E-state index contributed by atoms with van der Waals surface area (Å²) in [6.07, 6.45) is 4.01. The van der Waals surface area contributed by atoms with Gasteiger partial charge in [-0.3, -0.25) is 0 Å². The quantitative estimate of drug-likeness (QED) is 0.849. The van der Waals surface area contributed by atoms with Crippen molar-refractivity contribution in [1.29, 1.82) is 0 Å². The van der Waals surface area contributed by atoms with Crippen LogP contribution in [0.4, 0.5) is 0 Å². The summed E-state index contributed by atoms with van der Waals surface area (Å²) < 4.78 is 1.07. The number of H-pyrrole nitrogens is 1. The number of benzene rings is 1. The largest absolute Gasteiger partial charge is 0.437 e. The zero-order chi connectivity index (χ0) is 14.1. The molecule has 1 aromatic heterocycles. The van der Waals surface area contributed by atoms with E-state index in [1.54, 1.807) is 0 Å². The minimum absolute atomic E-state index is 0.194. The maximum absolute atomic E-state index is 9.82. The van der Waals surface area contributed by atoms with Gasteiger partial charge in [0.1, 0.15) is 5.82 Å². The molecule has 0 spiro atoms. The van der Waals surface area contributed by atoms with E-state index in [0.717, 1.165) is 40.9 Å². The third-order valence-electron chi connectivity index (χ3n) is 3.84. The molecule has 0 radical (unpaired) electrons. The van der Waals surface area contributed by atoms with Crippen LogP contribution in [0.5, 0.6) is 0 Å². The first-order chi connectivity index (χ1) is 9.65. The molecule has 2 heterocycles. The molecule has 1 aromatic carbocycles. The number of hydrogen-bond acceptors (Lipinski definition) is 3. The Morgan fingerprint density at radius 3 is 2.85 bits per heavy atom. The molecule has 0 bridgehead atoms. The van der Waals surface area contributed by atoms with Gasteiger partial charge in [-0.05, 0) is 43.9 Å². The lowest BCUT2D eigenvalue weighted by Crippen LogP contribution is -2.36. The van der Waals surface area contributed by atoms with E-state index in [0.29, 0.717) is 0 Å². The molecule has 4 nitrogen and oxygen atoms in total. The molecule has 1 atom stereocenters. The van der Waals surface area contributed by atoms with Crippen molar-refractivity contribution in [2.75, 3.05) is 6.54 Å². The van der Waals surface area contributed by atoms with Crippen LogP contribution in [0, 0.1) is 0 Å². The van der Waals surface area contributed by atoms with Crippen molar-refractivity contribution in [3.05, 3.63) is 40.8 Å². The molecular formula is C14H17BBrN3O. The predicted molar refractivity (Wildman–Crippen MR) is 84.2 cm³/mol. The number of aromatic nitrogens is 2. The lowest BCUT2D eigenvalue weighted by atomic mass is 9.84. The number of rotatable bonds is 3. The topological polar surface area (TPSA) is 52.1 Å². The van der Waals surface area contributed by atoms with Gasteiger partial charge in [0, 0.05) is 4.47 Å². The van der Waals surface area contributed by atoms with Crippen molar-refractivity contribution in [3.63, 3.8) is 0 Å². The molecule has 1 aliphatic rings. The Bertz CT molecular complexity index is 584. The maximum atomic E-state index is 9.82. The minimum atomic E-state index is -0.427. The summed E-state index contributed by atoms with van der Waals surface area (Å²) in [5.74, 6) is 0.946. The Morgan fingerprint density at radius 2 is 2.15 bits per heavy atom. The van der Waals surface area contributed by atoms with Gasteiger partial charge in [-0.15, -0.1) is 0 Å². The van der Waals surface area contributed by atoms with Gasteiger partial charge in [-0.25, -0.2) is 4.98 Å². The van der Waals surface area contributed by atoms with E-state index >= 15 is 0 Å². The SMILES string of the molecule is CB(O)N1CCC[C@H]1c1ncc(-c2ccc(Br)cc2)[nH]1. The monoisotopic (exact) mass is 333 g/mol. The summed E-state index contributed by atoms with van der Waals surface area (Å²) in [6.45, 7) is 2.74. The summed E-state index contributed by atoms with van der Waals surface area (Å²) in [4.78, 5) is 9.99. The first-order valence-electron chi connectivity index (χ1n) is 6.90. The van der Waals surface area contributed by atoms with Gasteiger partial charge < -0.3 is 14.8 Å². The van der Waals surface area contributed by atoms with Crippen LogP contribution < -0.4 is 0 Å². The minimum Gasteiger partial charge on any atom is -0.437 e. The molecule has 6 heteroatoms. The first kappa shape index (κ1) is 13.9. The van der Waals surface area contributed by atoms with Gasteiger partial charge in [0.25, 0.3) is 0 Å². The van der Waals surface area contributed by atoms with Crippen molar-refractivity contribution in [1.82, 2.24) is 14.8 Å². The molecule has 20 heavy (non-hydrogen) atoms. The van der Waals surface area contributed by atoms with Crippen molar-refractivity contribution >= 4 is 23.0 Å². The van der Waals surface area contributed by atoms with E-state index in [2.05, 4.69) is 42.8 Å². The molecule has 104 valence electrons.